The number of nitrogens with zero attached hydrogens (tertiary/aromatic N) is 1. The van der Waals surface area contributed by atoms with Crippen LogP contribution in [0, 0.1) is 5.92 Å². The Morgan fingerprint density at radius 2 is 2.21 bits per heavy atom. The van der Waals surface area contributed by atoms with Gasteiger partial charge in [0.25, 0.3) is 0 Å². The molecule has 0 radical (unpaired) electrons. The van der Waals surface area contributed by atoms with E-state index in [1.165, 1.54) is 13.5 Å². The highest BCUT2D eigenvalue weighted by atomic mass is 16.5. The molecule has 1 saturated heterocycles. The molecule has 4 atom stereocenters. The minimum Gasteiger partial charge on any atom is -0.468 e. The monoisotopic (exact) mass is 334 g/mol. The number of hydrogen-bond acceptors (Lipinski definition) is 5. The maximum atomic E-state index is 12.5. The topological polar surface area (TPSA) is 71.8 Å². The molecule has 0 aromatic carbocycles. The Morgan fingerprint density at radius 1 is 1.42 bits per heavy atom. The van der Waals surface area contributed by atoms with E-state index in [0.29, 0.717) is 12.0 Å². The Balaban J connectivity index is 1.65. The largest absolute Gasteiger partial charge is 0.468 e. The average Bonchev–Trinajstić information content (AvgIpc) is 3.22. The molecule has 0 bridgehead atoms. The van der Waals surface area contributed by atoms with E-state index in [9.17, 15) is 9.59 Å². The van der Waals surface area contributed by atoms with Crippen LogP contribution in [0.15, 0.2) is 22.8 Å². The molecule has 1 aromatic rings. The second-order valence-corrected chi connectivity index (χ2v) is 6.86. The highest BCUT2D eigenvalue weighted by Crippen LogP contribution is 2.39. The smallest absolute Gasteiger partial charge is 0.323 e. The summed E-state index contributed by atoms with van der Waals surface area (Å²) in [4.78, 5) is 26.7. The summed E-state index contributed by atoms with van der Waals surface area (Å²) in [5.74, 6) is 0.915. The summed E-state index contributed by atoms with van der Waals surface area (Å²) < 4.78 is 10.3. The molecule has 2 aliphatic rings. The predicted octanol–water partition coefficient (Wildman–Crippen LogP) is 2.26. The molecule has 1 aliphatic heterocycles. The fourth-order valence-corrected chi connectivity index (χ4v) is 4.21. The summed E-state index contributed by atoms with van der Waals surface area (Å²) in [5.41, 5.74) is 0. The standard InChI is InChI=1S/C18H26N2O4/c1-12(16-8-5-9-24-16)19-17(21)11-20-14-7-4-3-6-13(14)10-15(20)18(22)23-2/h5,8-9,12-15H,3-4,6-7,10-11H2,1-2H3,(H,19,21). The van der Waals surface area contributed by atoms with Gasteiger partial charge in [0, 0.05) is 6.04 Å². The van der Waals surface area contributed by atoms with E-state index in [2.05, 4.69) is 10.2 Å². The van der Waals surface area contributed by atoms with Crippen LogP contribution in [0.5, 0.6) is 0 Å². The summed E-state index contributed by atoms with van der Waals surface area (Å²) in [5, 5.41) is 2.96. The molecule has 1 aromatic heterocycles. The number of hydrogen-bond donors (Lipinski definition) is 1. The zero-order valence-electron chi connectivity index (χ0n) is 14.4. The second kappa shape index (κ2) is 7.38. The number of nitrogens with one attached hydrogen (secondary N) is 1. The highest BCUT2D eigenvalue weighted by Gasteiger charge is 2.46. The predicted molar refractivity (Wildman–Crippen MR) is 88.1 cm³/mol. The van der Waals surface area contributed by atoms with Crippen molar-refractivity contribution in [3.05, 3.63) is 24.2 Å². The molecule has 1 saturated carbocycles. The zero-order chi connectivity index (χ0) is 17.1. The first-order chi connectivity index (χ1) is 11.6. The lowest BCUT2D eigenvalue weighted by molar-refractivity contribution is -0.146. The van der Waals surface area contributed by atoms with Crippen molar-refractivity contribution in [1.82, 2.24) is 10.2 Å². The van der Waals surface area contributed by atoms with Crippen molar-refractivity contribution in [3.63, 3.8) is 0 Å². The zero-order valence-corrected chi connectivity index (χ0v) is 14.4. The number of fused-ring (bicyclic) bond motifs is 1. The molecule has 1 aliphatic carbocycles. The van der Waals surface area contributed by atoms with Crippen molar-refractivity contribution in [1.29, 1.82) is 0 Å². The third kappa shape index (κ3) is 3.48. The van der Waals surface area contributed by atoms with Gasteiger partial charge in [-0.05, 0) is 44.2 Å². The van der Waals surface area contributed by atoms with E-state index in [1.807, 2.05) is 13.0 Å². The molecule has 0 spiro atoms. The number of likely N-dealkylation sites (tertiary alicyclic amines) is 1. The van der Waals surface area contributed by atoms with Gasteiger partial charge in [0.1, 0.15) is 11.8 Å². The Labute approximate surface area is 142 Å². The van der Waals surface area contributed by atoms with Gasteiger partial charge in [0.15, 0.2) is 0 Å². The number of esters is 1. The third-order valence-corrected chi connectivity index (χ3v) is 5.37. The lowest BCUT2D eigenvalue weighted by Crippen LogP contribution is -2.48. The van der Waals surface area contributed by atoms with Crippen molar-refractivity contribution < 1.29 is 18.7 Å². The van der Waals surface area contributed by atoms with Gasteiger partial charge in [-0.1, -0.05) is 12.8 Å². The number of ether oxygens (including phenoxy) is 1. The van der Waals surface area contributed by atoms with Crippen LogP contribution in [0.25, 0.3) is 0 Å². The van der Waals surface area contributed by atoms with Crippen LogP contribution in [0.1, 0.15) is 50.8 Å². The Kier molecular flexibility index (Phi) is 5.23. The summed E-state index contributed by atoms with van der Waals surface area (Å²) in [7, 11) is 1.42. The number of rotatable bonds is 5. The number of methoxy groups -OCH3 is 1. The van der Waals surface area contributed by atoms with Gasteiger partial charge in [0.05, 0.1) is 26.0 Å². The fourth-order valence-electron chi connectivity index (χ4n) is 4.21. The molecule has 6 nitrogen and oxygen atoms in total. The van der Waals surface area contributed by atoms with Gasteiger partial charge in [-0.25, -0.2) is 0 Å². The van der Waals surface area contributed by atoms with Crippen molar-refractivity contribution >= 4 is 11.9 Å². The molecule has 1 amide bonds. The molecular formula is C18H26N2O4. The molecule has 4 unspecified atom stereocenters. The van der Waals surface area contributed by atoms with Crippen molar-refractivity contribution in [2.24, 2.45) is 5.92 Å². The minimum atomic E-state index is -0.298. The Hall–Kier alpha value is -1.82. The molecule has 132 valence electrons. The van der Waals surface area contributed by atoms with Crippen LogP contribution >= 0.6 is 0 Å². The van der Waals surface area contributed by atoms with Gasteiger partial charge < -0.3 is 14.5 Å². The molecule has 2 fully saturated rings. The third-order valence-electron chi connectivity index (χ3n) is 5.37. The van der Waals surface area contributed by atoms with E-state index in [0.717, 1.165) is 31.4 Å². The molecular weight excluding hydrogens is 308 g/mol. The van der Waals surface area contributed by atoms with E-state index in [1.54, 1.807) is 12.3 Å². The normalized spacial score (nSPS) is 28.2. The molecule has 1 N–H and O–H groups in total. The molecule has 3 rings (SSSR count). The van der Waals surface area contributed by atoms with Gasteiger partial charge in [-0.3, -0.25) is 14.5 Å². The van der Waals surface area contributed by atoms with Crippen LogP contribution in [0.4, 0.5) is 0 Å². The first-order valence-corrected chi connectivity index (χ1v) is 8.76. The lowest BCUT2D eigenvalue weighted by atomic mass is 9.85. The molecule has 24 heavy (non-hydrogen) atoms. The van der Waals surface area contributed by atoms with E-state index in [4.69, 9.17) is 9.15 Å². The van der Waals surface area contributed by atoms with Gasteiger partial charge >= 0.3 is 5.97 Å². The van der Waals surface area contributed by atoms with Gasteiger partial charge in [-0.15, -0.1) is 0 Å². The highest BCUT2D eigenvalue weighted by molar-refractivity contribution is 5.81. The van der Waals surface area contributed by atoms with Crippen LogP contribution in [0.3, 0.4) is 0 Å². The van der Waals surface area contributed by atoms with E-state index in [-0.39, 0.29) is 30.5 Å². The quantitative estimate of drug-likeness (QED) is 0.836. The number of amides is 1. The second-order valence-electron chi connectivity index (χ2n) is 6.86. The number of carbonyl (C=O) groups is 2. The van der Waals surface area contributed by atoms with Crippen LogP contribution in [-0.4, -0.2) is 42.5 Å². The summed E-state index contributed by atoms with van der Waals surface area (Å²) >= 11 is 0. The van der Waals surface area contributed by atoms with E-state index < -0.39 is 0 Å². The first kappa shape index (κ1) is 17.0. The van der Waals surface area contributed by atoms with Gasteiger partial charge in [-0.2, -0.15) is 0 Å². The van der Waals surface area contributed by atoms with Crippen LogP contribution < -0.4 is 5.32 Å². The SMILES string of the molecule is COC(=O)C1CC2CCCCC2N1CC(=O)NC(C)c1ccco1. The van der Waals surface area contributed by atoms with Crippen molar-refractivity contribution in [2.45, 2.75) is 57.2 Å². The lowest BCUT2D eigenvalue weighted by Gasteiger charge is -2.32. The summed E-state index contributed by atoms with van der Waals surface area (Å²) in [6.07, 6.45) is 6.97. The van der Waals surface area contributed by atoms with Crippen molar-refractivity contribution in [2.75, 3.05) is 13.7 Å². The van der Waals surface area contributed by atoms with Crippen LogP contribution in [0.2, 0.25) is 0 Å². The van der Waals surface area contributed by atoms with Gasteiger partial charge in [0.2, 0.25) is 5.91 Å². The Bertz CT molecular complexity index is 572. The maximum Gasteiger partial charge on any atom is 0.323 e. The molecule has 2 heterocycles. The Morgan fingerprint density at radius 3 is 2.92 bits per heavy atom. The maximum absolute atomic E-state index is 12.5. The number of furan rings is 1. The molecule has 6 heteroatoms. The minimum absolute atomic E-state index is 0.0842. The summed E-state index contributed by atoms with van der Waals surface area (Å²) in [6.45, 7) is 2.12. The van der Waals surface area contributed by atoms with Crippen LogP contribution in [-0.2, 0) is 14.3 Å². The number of carbonyl (C=O) groups excluding carboxylic acids is 2. The first-order valence-electron chi connectivity index (χ1n) is 8.76. The average molecular weight is 334 g/mol. The van der Waals surface area contributed by atoms with E-state index >= 15 is 0 Å². The van der Waals surface area contributed by atoms with Crippen molar-refractivity contribution in [3.8, 4) is 0 Å². The fraction of sp³-hybridized carbons (Fsp3) is 0.667. The summed E-state index contributed by atoms with van der Waals surface area (Å²) in [6, 6.07) is 3.47.